The third kappa shape index (κ3) is 5.23. The van der Waals surface area contributed by atoms with Gasteiger partial charge in [-0.25, -0.2) is 13.2 Å². The first-order chi connectivity index (χ1) is 15.8. The molecule has 1 fully saturated rings. The molecule has 1 atom stereocenters. The first kappa shape index (κ1) is 23.7. The van der Waals surface area contributed by atoms with Gasteiger partial charge in [0.05, 0.1) is 21.2 Å². The van der Waals surface area contributed by atoms with Gasteiger partial charge in [0.1, 0.15) is 0 Å². The number of hydrogen-bond donors (Lipinski definition) is 1. The molecule has 4 rings (SSSR count). The van der Waals surface area contributed by atoms with Gasteiger partial charge in [-0.05, 0) is 80.5 Å². The van der Waals surface area contributed by atoms with Crippen LogP contribution in [0.2, 0.25) is 5.02 Å². The zero-order valence-electron chi connectivity index (χ0n) is 18.5. The number of nitrogens with zero attached hydrogens (tertiary/aromatic N) is 1. The second-order valence-corrected chi connectivity index (χ2v) is 10.8. The van der Waals surface area contributed by atoms with Gasteiger partial charge >= 0.3 is 5.97 Å². The number of ether oxygens (including phenoxy) is 1. The van der Waals surface area contributed by atoms with Crippen molar-refractivity contribution in [1.29, 1.82) is 0 Å². The van der Waals surface area contributed by atoms with E-state index in [1.807, 2.05) is 12.1 Å². The predicted octanol–water partition coefficient (Wildman–Crippen LogP) is 4.19. The van der Waals surface area contributed by atoms with Crippen LogP contribution >= 0.6 is 11.6 Å². The molecule has 176 valence electrons. The van der Waals surface area contributed by atoms with Crippen molar-refractivity contribution in [2.75, 3.05) is 18.4 Å². The summed E-state index contributed by atoms with van der Waals surface area (Å²) < 4.78 is 32.7. The molecule has 1 saturated heterocycles. The Morgan fingerprint density at radius 1 is 1.00 bits per heavy atom. The fourth-order valence-corrected chi connectivity index (χ4v) is 5.94. The topological polar surface area (TPSA) is 92.8 Å². The average molecular weight is 491 g/mol. The molecule has 1 heterocycles. The van der Waals surface area contributed by atoms with E-state index in [0.29, 0.717) is 18.7 Å². The molecule has 7 nitrogen and oxygen atoms in total. The number of rotatable bonds is 6. The molecule has 2 aliphatic rings. The molecular weight excluding hydrogens is 464 g/mol. The van der Waals surface area contributed by atoms with E-state index in [-0.39, 0.29) is 15.6 Å². The van der Waals surface area contributed by atoms with Crippen molar-refractivity contribution in [2.45, 2.75) is 56.4 Å². The van der Waals surface area contributed by atoms with Crippen LogP contribution in [0.25, 0.3) is 0 Å². The third-order valence-electron chi connectivity index (χ3n) is 6.14. The Morgan fingerprint density at radius 2 is 1.73 bits per heavy atom. The summed E-state index contributed by atoms with van der Waals surface area (Å²) in [6.07, 6.45) is 4.57. The Kier molecular flexibility index (Phi) is 7.07. The number of halogens is 1. The fraction of sp³-hybridized carbons (Fsp3) is 0.417. The second-order valence-electron chi connectivity index (χ2n) is 8.48. The lowest BCUT2D eigenvalue weighted by Gasteiger charge is -2.26. The van der Waals surface area contributed by atoms with Crippen LogP contribution < -0.4 is 5.32 Å². The maximum Gasteiger partial charge on any atom is 0.338 e. The van der Waals surface area contributed by atoms with Crippen molar-refractivity contribution in [2.24, 2.45) is 0 Å². The molecule has 2 aromatic rings. The number of carbonyl (C=O) groups is 2. The maximum atomic E-state index is 13.0. The smallest absolute Gasteiger partial charge is 0.338 e. The van der Waals surface area contributed by atoms with Gasteiger partial charge in [-0.1, -0.05) is 24.1 Å². The number of nitrogens with one attached hydrogen (secondary N) is 1. The molecule has 1 unspecified atom stereocenters. The normalized spacial score (nSPS) is 17.3. The molecular formula is C24H27ClN2O5S. The zero-order chi connectivity index (χ0) is 23.6. The van der Waals surface area contributed by atoms with Gasteiger partial charge in [0, 0.05) is 13.1 Å². The quantitative estimate of drug-likeness (QED) is 0.613. The average Bonchev–Trinajstić information content (AvgIpc) is 3.28. The van der Waals surface area contributed by atoms with Crippen LogP contribution in [-0.4, -0.2) is 43.8 Å². The number of amides is 1. The minimum absolute atomic E-state index is 0.0619. The Balaban J connectivity index is 1.44. The van der Waals surface area contributed by atoms with Crippen molar-refractivity contribution < 1.29 is 22.7 Å². The van der Waals surface area contributed by atoms with E-state index in [2.05, 4.69) is 5.32 Å². The van der Waals surface area contributed by atoms with E-state index in [1.165, 1.54) is 35.0 Å². The van der Waals surface area contributed by atoms with E-state index in [1.54, 1.807) is 6.07 Å². The number of hydrogen-bond acceptors (Lipinski definition) is 5. The van der Waals surface area contributed by atoms with E-state index in [9.17, 15) is 18.0 Å². The Bertz CT molecular complexity index is 1180. The zero-order valence-corrected chi connectivity index (χ0v) is 20.0. The van der Waals surface area contributed by atoms with Crippen LogP contribution in [0.15, 0.2) is 41.3 Å². The van der Waals surface area contributed by atoms with Crippen LogP contribution in [0, 0.1) is 0 Å². The van der Waals surface area contributed by atoms with Crippen molar-refractivity contribution in [3.05, 3.63) is 58.1 Å². The van der Waals surface area contributed by atoms with Crippen LogP contribution in [0.5, 0.6) is 0 Å². The molecule has 1 aliphatic carbocycles. The number of fused-ring (bicyclic) bond motifs is 1. The SMILES string of the molecule is CC(OC(=O)c1ccc2c(c1)CCC2)C(=O)Nc1cc(S(=O)(=O)N2CCCCC2)ccc1Cl. The highest BCUT2D eigenvalue weighted by Crippen LogP contribution is 2.29. The summed E-state index contributed by atoms with van der Waals surface area (Å²) in [5, 5.41) is 2.79. The number of piperidine rings is 1. The lowest BCUT2D eigenvalue weighted by molar-refractivity contribution is -0.123. The van der Waals surface area contributed by atoms with E-state index >= 15 is 0 Å². The molecule has 33 heavy (non-hydrogen) atoms. The summed E-state index contributed by atoms with van der Waals surface area (Å²) in [5.41, 5.74) is 2.94. The first-order valence-electron chi connectivity index (χ1n) is 11.2. The molecule has 0 radical (unpaired) electrons. The van der Waals surface area contributed by atoms with E-state index in [0.717, 1.165) is 44.1 Å². The lowest BCUT2D eigenvalue weighted by atomic mass is 10.1. The van der Waals surface area contributed by atoms with Crippen molar-refractivity contribution in [3.8, 4) is 0 Å². The Labute approximate surface area is 199 Å². The standard InChI is InChI=1S/C24H27ClN2O5S/c1-16(32-24(29)19-9-8-17-6-5-7-18(17)14-19)23(28)26-22-15-20(10-11-21(22)25)33(30,31)27-12-3-2-4-13-27/h8-11,14-16H,2-7,12-13H2,1H3,(H,26,28). The highest BCUT2D eigenvalue weighted by atomic mass is 35.5. The number of aryl methyl sites for hydroxylation is 2. The summed E-state index contributed by atoms with van der Waals surface area (Å²) in [4.78, 5) is 25.3. The van der Waals surface area contributed by atoms with Gasteiger partial charge in [0.15, 0.2) is 6.10 Å². The van der Waals surface area contributed by atoms with Crippen LogP contribution in [0.3, 0.4) is 0 Å². The van der Waals surface area contributed by atoms with Crippen molar-refractivity contribution in [3.63, 3.8) is 0 Å². The minimum Gasteiger partial charge on any atom is -0.449 e. The number of esters is 1. The summed E-state index contributed by atoms with van der Waals surface area (Å²) in [7, 11) is -3.68. The number of carbonyl (C=O) groups excluding carboxylic acids is 2. The first-order valence-corrected chi connectivity index (χ1v) is 13.0. The predicted molar refractivity (Wildman–Crippen MR) is 126 cm³/mol. The molecule has 1 aliphatic heterocycles. The summed E-state index contributed by atoms with van der Waals surface area (Å²) in [6, 6.07) is 9.68. The van der Waals surface area contributed by atoms with Gasteiger partial charge in [0.25, 0.3) is 5.91 Å². The van der Waals surface area contributed by atoms with Gasteiger partial charge in [0.2, 0.25) is 10.0 Å². The van der Waals surface area contributed by atoms with Gasteiger partial charge in [-0.2, -0.15) is 4.31 Å². The molecule has 0 spiro atoms. The van der Waals surface area contributed by atoms with Crippen LogP contribution in [-0.2, 0) is 32.4 Å². The highest BCUT2D eigenvalue weighted by molar-refractivity contribution is 7.89. The summed E-state index contributed by atoms with van der Waals surface area (Å²) in [6.45, 7) is 2.41. The molecule has 0 bridgehead atoms. The van der Waals surface area contributed by atoms with Crippen molar-refractivity contribution >= 4 is 39.2 Å². The fourth-order valence-electron chi connectivity index (χ4n) is 4.23. The van der Waals surface area contributed by atoms with Gasteiger partial charge in [-0.15, -0.1) is 0 Å². The highest BCUT2D eigenvalue weighted by Gasteiger charge is 2.27. The molecule has 2 aromatic carbocycles. The second kappa shape index (κ2) is 9.83. The number of sulfonamides is 1. The molecule has 0 saturated carbocycles. The number of benzene rings is 2. The van der Waals surface area contributed by atoms with E-state index < -0.39 is 28.0 Å². The van der Waals surface area contributed by atoms with Crippen LogP contribution in [0.4, 0.5) is 5.69 Å². The largest absolute Gasteiger partial charge is 0.449 e. The summed E-state index contributed by atoms with van der Waals surface area (Å²) in [5.74, 6) is -1.18. The maximum absolute atomic E-state index is 13.0. The monoisotopic (exact) mass is 490 g/mol. The third-order valence-corrected chi connectivity index (χ3v) is 8.36. The summed E-state index contributed by atoms with van der Waals surface area (Å²) >= 11 is 6.21. The lowest BCUT2D eigenvalue weighted by Crippen LogP contribution is -2.35. The molecule has 1 N–H and O–H groups in total. The number of anilines is 1. The minimum atomic E-state index is -3.68. The van der Waals surface area contributed by atoms with Crippen molar-refractivity contribution in [1.82, 2.24) is 4.31 Å². The molecule has 0 aromatic heterocycles. The molecule has 1 amide bonds. The van der Waals surface area contributed by atoms with Gasteiger partial charge < -0.3 is 10.1 Å². The Morgan fingerprint density at radius 3 is 2.48 bits per heavy atom. The molecule has 9 heteroatoms. The van der Waals surface area contributed by atoms with Crippen LogP contribution in [0.1, 0.15) is 54.1 Å². The van der Waals surface area contributed by atoms with E-state index in [4.69, 9.17) is 16.3 Å². The Hall–Kier alpha value is -2.42. The van der Waals surface area contributed by atoms with Gasteiger partial charge in [-0.3, -0.25) is 4.79 Å².